The van der Waals surface area contributed by atoms with E-state index in [0.717, 1.165) is 6.42 Å². The minimum absolute atomic E-state index is 0.189. The topological polar surface area (TPSA) is 57.6 Å². The zero-order valence-electron chi connectivity index (χ0n) is 8.80. The molecule has 0 saturated carbocycles. The van der Waals surface area contributed by atoms with Crippen molar-refractivity contribution in [2.45, 2.75) is 18.9 Å². The van der Waals surface area contributed by atoms with E-state index in [0.29, 0.717) is 18.5 Å². The van der Waals surface area contributed by atoms with Crippen LogP contribution in [-0.2, 0) is 4.79 Å². The van der Waals surface area contributed by atoms with E-state index in [1.54, 1.807) is 24.3 Å². The van der Waals surface area contributed by atoms with Gasteiger partial charge in [-0.25, -0.2) is 4.79 Å². The second kappa shape index (κ2) is 4.35. The van der Waals surface area contributed by atoms with Crippen LogP contribution in [0.3, 0.4) is 0 Å². The van der Waals surface area contributed by atoms with Crippen LogP contribution in [0.4, 0.5) is 0 Å². The number of carbonyl (C=O) groups excluding carboxylic acids is 1. The molecule has 0 aliphatic carbocycles. The standard InChI is InChI=1S/C12H13NO3/c14-11(9-5-2-1-3-6-9)13-8-4-7-10(13)12(15)16/h1-3,5-6,10H,4,7-8H2,(H,15,16)/t10-/m1/s1. The van der Waals surface area contributed by atoms with Crippen molar-refractivity contribution in [3.8, 4) is 0 Å². The number of carboxylic acids is 1. The van der Waals surface area contributed by atoms with Gasteiger partial charge in [-0.3, -0.25) is 4.79 Å². The fourth-order valence-corrected chi connectivity index (χ4v) is 2.01. The SMILES string of the molecule is O=C(O)[C@H]1CCCN1C(=O)c1ccccc1. The Morgan fingerprint density at radius 2 is 1.94 bits per heavy atom. The third-order valence-electron chi connectivity index (χ3n) is 2.82. The Kier molecular flexibility index (Phi) is 2.90. The van der Waals surface area contributed by atoms with Crippen molar-refractivity contribution in [2.75, 3.05) is 6.54 Å². The summed E-state index contributed by atoms with van der Waals surface area (Å²) in [7, 11) is 0. The van der Waals surface area contributed by atoms with Gasteiger partial charge in [-0.15, -0.1) is 0 Å². The van der Waals surface area contributed by atoms with Crippen molar-refractivity contribution in [1.29, 1.82) is 0 Å². The molecule has 0 spiro atoms. The van der Waals surface area contributed by atoms with Crippen molar-refractivity contribution in [1.82, 2.24) is 4.90 Å². The van der Waals surface area contributed by atoms with Gasteiger partial charge in [0.05, 0.1) is 0 Å². The predicted octanol–water partition coefficient (Wildman–Crippen LogP) is 1.38. The highest BCUT2D eigenvalue weighted by Crippen LogP contribution is 2.20. The van der Waals surface area contributed by atoms with E-state index in [9.17, 15) is 9.59 Å². The predicted molar refractivity (Wildman–Crippen MR) is 58.1 cm³/mol. The Labute approximate surface area is 93.5 Å². The van der Waals surface area contributed by atoms with E-state index in [1.165, 1.54) is 4.90 Å². The molecule has 1 aliphatic heterocycles. The first-order valence-electron chi connectivity index (χ1n) is 5.29. The van der Waals surface area contributed by atoms with Crippen LogP contribution in [0.5, 0.6) is 0 Å². The van der Waals surface area contributed by atoms with Crippen molar-refractivity contribution in [3.63, 3.8) is 0 Å². The molecule has 0 unspecified atom stereocenters. The van der Waals surface area contributed by atoms with Gasteiger partial charge in [0.1, 0.15) is 6.04 Å². The Bertz CT molecular complexity index is 402. The summed E-state index contributed by atoms with van der Waals surface area (Å²) in [5.74, 6) is -1.10. The van der Waals surface area contributed by atoms with Crippen LogP contribution in [0.2, 0.25) is 0 Å². The molecule has 1 saturated heterocycles. The maximum atomic E-state index is 12.0. The maximum absolute atomic E-state index is 12.0. The Hall–Kier alpha value is -1.84. The normalized spacial score (nSPS) is 19.8. The van der Waals surface area contributed by atoms with Crippen molar-refractivity contribution < 1.29 is 14.7 Å². The number of hydrogen-bond donors (Lipinski definition) is 1. The summed E-state index contributed by atoms with van der Waals surface area (Å²) >= 11 is 0. The van der Waals surface area contributed by atoms with E-state index in [-0.39, 0.29) is 5.91 Å². The molecule has 1 aromatic carbocycles. The van der Waals surface area contributed by atoms with Gasteiger partial charge in [0.15, 0.2) is 0 Å². The minimum atomic E-state index is -0.915. The highest BCUT2D eigenvalue weighted by atomic mass is 16.4. The number of nitrogens with zero attached hydrogens (tertiary/aromatic N) is 1. The number of carbonyl (C=O) groups is 2. The molecule has 1 N–H and O–H groups in total. The molecule has 1 heterocycles. The van der Waals surface area contributed by atoms with Crippen molar-refractivity contribution >= 4 is 11.9 Å². The summed E-state index contributed by atoms with van der Waals surface area (Å²) in [6.45, 7) is 0.532. The van der Waals surface area contributed by atoms with E-state index in [4.69, 9.17) is 5.11 Å². The minimum Gasteiger partial charge on any atom is -0.480 e. The van der Waals surface area contributed by atoms with Crippen LogP contribution in [0, 0.1) is 0 Å². The molecule has 1 fully saturated rings. The quantitative estimate of drug-likeness (QED) is 0.817. The molecular weight excluding hydrogens is 206 g/mol. The molecule has 1 atom stereocenters. The van der Waals surface area contributed by atoms with Gasteiger partial charge in [0, 0.05) is 12.1 Å². The molecule has 84 valence electrons. The van der Waals surface area contributed by atoms with Gasteiger partial charge in [-0.2, -0.15) is 0 Å². The lowest BCUT2D eigenvalue weighted by Gasteiger charge is -2.21. The zero-order chi connectivity index (χ0) is 11.5. The molecule has 0 aromatic heterocycles. The van der Waals surface area contributed by atoms with Crippen LogP contribution in [0.25, 0.3) is 0 Å². The molecule has 16 heavy (non-hydrogen) atoms. The molecule has 4 heteroatoms. The van der Waals surface area contributed by atoms with Crippen LogP contribution in [-0.4, -0.2) is 34.5 Å². The second-order valence-electron chi connectivity index (χ2n) is 3.86. The summed E-state index contributed by atoms with van der Waals surface area (Å²) in [6.07, 6.45) is 1.31. The molecule has 1 aliphatic rings. The highest BCUT2D eigenvalue weighted by molar-refractivity contribution is 5.96. The largest absolute Gasteiger partial charge is 0.480 e. The van der Waals surface area contributed by atoms with Gasteiger partial charge in [-0.05, 0) is 25.0 Å². The summed E-state index contributed by atoms with van der Waals surface area (Å²) in [5.41, 5.74) is 0.552. The van der Waals surface area contributed by atoms with Gasteiger partial charge in [0.25, 0.3) is 5.91 Å². The second-order valence-corrected chi connectivity index (χ2v) is 3.86. The van der Waals surface area contributed by atoms with Gasteiger partial charge in [0.2, 0.25) is 0 Å². The monoisotopic (exact) mass is 219 g/mol. The van der Waals surface area contributed by atoms with E-state index < -0.39 is 12.0 Å². The molecule has 2 rings (SSSR count). The lowest BCUT2D eigenvalue weighted by molar-refractivity contribution is -0.141. The summed E-state index contributed by atoms with van der Waals surface area (Å²) in [6, 6.07) is 8.14. The van der Waals surface area contributed by atoms with Crippen LogP contribution >= 0.6 is 0 Å². The lowest BCUT2D eigenvalue weighted by atomic mass is 10.1. The first-order valence-corrected chi connectivity index (χ1v) is 5.29. The Morgan fingerprint density at radius 1 is 1.25 bits per heavy atom. The Balaban J connectivity index is 2.19. The van der Waals surface area contributed by atoms with E-state index in [1.807, 2.05) is 6.07 Å². The third-order valence-corrected chi connectivity index (χ3v) is 2.82. The van der Waals surface area contributed by atoms with Crippen LogP contribution in [0.15, 0.2) is 30.3 Å². The van der Waals surface area contributed by atoms with E-state index >= 15 is 0 Å². The zero-order valence-corrected chi connectivity index (χ0v) is 8.80. The number of amides is 1. The van der Waals surface area contributed by atoms with Gasteiger partial charge in [-0.1, -0.05) is 18.2 Å². The highest BCUT2D eigenvalue weighted by Gasteiger charge is 2.34. The smallest absolute Gasteiger partial charge is 0.326 e. The summed E-state index contributed by atoms with van der Waals surface area (Å²) in [4.78, 5) is 24.4. The molecule has 1 amide bonds. The number of hydrogen-bond acceptors (Lipinski definition) is 2. The van der Waals surface area contributed by atoms with Crippen LogP contribution < -0.4 is 0 Å². The van der Waals surface area contributed by atoms with Crippen molar-refractivity contribution in [3.05, 3.63) is 35.9 Å². The fraction of sp³-hybridized carbons (Fsp3) is 0.333. The first kappa shape index (κ1) is 10.7. The summed E-state index contributed by atoms with van der Waals surface area (Å²) < 4.78 is 0. The molecule has 0 bridgehead atoms. The third kappa shape index (κ3) is 1.91. The lowest BCUT2D eigenvalue weighted by Crippen LogP contribution is -2.40. The number of rotatable bonds is 2. The molecule has 0 radical (unpaired) electrons. The molecular formula is C12H13NO3. The fourth-order valence-electron chi connectivity index (χ4n) is 2.01. The van der Waals surface area contributed by atoms with Gasteiger partial charge < -0.3 is 10.0 Å². The first-order chi connectivity index (χ1) is 7.70. The number of carboxylic acid groups (broad SMARTS) is 1. The van der Waals surface area contributed by atoms with E-state index in [2.05, 4.69) is 0 Å². The summed E-state index contributed by atoms with van der Waals surface area (Å²) in [5, 5.41) is 8.99. The van der Waals surface area contributed by atoms with Gasteiger partial charge >= 0.3 is 5.97 Å². The molecule has 4 nitrogen and oxygen atoms in total. The number of likely N-dealkylation sites (tertiary alicyclic amines) is 1. The molecule has 1 aromatic rings. The number of benzene rings is 1. The maximum Gasteiger partial charge on any atom is 0.326 e. The average Bonchev–Trinajstić information content (AvgIpc) is 2.78. The average molecular weight is 219 g/mol. The number of aliphatic carboxylic acids is 1. The van der Waals surface area contributed by atoms with Crippen LogP contribution in [0.1, 0.15) is 23.2 Å². The van der Waals surface area contributed by atoms with Crippen molar-refractivity contribution in [2.24, 2.45) is 0 Å². The Morgan fingerprint density at radius 3 is 2.56 bits per heavy atom.